The minimum Gasteiger partial charge on any atom is -0.481 e. The summed E-state index contributed by atoms with van der Waals surface area (Å²) in [5.41, 5.74) is -1.31. The Hall–Kier alpha value is -1.30. The number of alkyl carbamates (subject to hydrolysis) is 1. The molecule has 1 rings (SSSR count). The van der Waals surface area contributed by atoms with Gasteiger partial charge in [0, 0.05) is 6.54 Å². The molecule has 17 heavy (non-hydrogen) atoms. The molecule has 6 heteroatoms. The standard InChI is InChI=1S/C11H20N2O4/c1-10(2,3)17-9(16)13-11(6-8(14)15)4-5-12-7-11/h12H,4-7H2,1-3H3,(H,13,16)(H,14,15). The number of ether oxygens (including phenoxy) is 1. The molecule has 1 atom stereocenters. The Balaban J connectivity index is 2.61. The minimum atomic E-state index is -0.926. The second-order valence-electron chi connectivity index (χ2n) is 5.40. The number of hydrogen-bond acceptors (Lipinski definition) is 4. The van der Waals surface area contributed by atoms with Gasteiger partial charge >= 0.3 is 12.1 Å². The number of aliphatic carboxylic acids is 1. The number of carboxylic acid groups (broad SMARTS) is 1. The number of amides is 1. The van der Waals surface area contributed by atoms with Crippen LogP contribution in [0.2, 0.25) is 0 Å². The van der Waals surface area contributed by atoms with Gasteiger partial charge in [-0.1, -0.05) is 0 Å². The van der Waals surface area contributed by atoms with Gasteiger partial charge < -0.3 is 20.5 Å². The van der Waals surface area contributed by atoms with Crippen molar-refractivity contribution in [1.82, 2.24) is 10.6 Å². The van der Waals surface area contributed by atoms with Crippen molar-refractivity contribution >= 4 is 12.1 Å². The average Bonchev–Trinajstić information content (AvgIpc) is 2.47. The summed E-state index contributed by atoms with van der Waals surface area (Å²) in [5.74, 6) is -0.926. The molecule has 1 fully saturated rings. The van der Waals surface area contributed by atoms with Gasteiger partial charge in [0.05, 0.1) is 12.0 Å². The van der Waals surface area contributed by atoms with E-state index in [1.165, 1.54) is 0 Å². The van der Waals surface area contributed by atoms with Gasteiger partial charge in [0.1, 0.15) is 5.60 Å². The maximum Gasteiger partial charge on any atom is 0.408 e. The smallest absolute Gasteiger partial charge is 0.408 e. The highest BCUT2D eigenvalue weighted by atomic mass is 16.6. The number of nitrogens with one attached hydrogen (secondary N) is 2. The van der Waals surface area contributed by atoms with E-state index in [-0.39, 0.29) is 6.42 Å². The molecule has 1 unspecified atom stereocenters. The zero-order valence-electron chi connectivity index (χ0n) is 10.5. The fourth-order valence-corrected chi connectivity index (χ4v) is 1.86. The Labute approximate surface area is 101 Å². The fourth-order valence-electron chi connectivity index (χ4n) is 1.86. The summed E-state index contributed by atoms with van der Waals surface area (Å²) in [5, 5.41) is 14.6. The number of carbonyl (C=O) groups excluding carboxylic acids is 1. The van der Waals surface area contributed by atoms with Crippen molar-refractivity contribution < 1.29 is 19.4 Å². The van der Waals surface area contributed by atoms with E-state index in [1.807, 2.05) is 0 Å². The van der Waals surface area contributed by atoms with Crippen molar-refractivity contribution in [2.45, 2.75) is 44.8 Å². The molecule has 0 spiro atoms. The summed E-state index contributed by atoms with van der Waals surface area (Å²) in [6.07, 6.45) is -0.0694. The number of carbonyl (C=O) groups is 2. The SMILES string of the molecule is CC(C)(C)OC(=O)NC1(CC(=O)O)CCNC1. The fraction of sp³-hybridized carbons (Fsp3) is 0.818. The average molecular weight is 244 g/mol. The van der Waals surface area contributed by atoms with Crippen molar-refractivity contribution in [3.8, 4) is 0 Å². The maximum atomic E-state index is 11.6. The van der Waals surface area contributed by atoms with E-state index in [1.54, 1.807) is 20.8 Å². The number of carboxylic acids is 1. The topological polar surface area (TPSA) is 87.7 Å². The second-order valence-corrected chi connectivity index (χ2v) is 5.40. The molecule has 0 aromatic rings. The first-order chi connectivity index (χ1) is 7.72. The third kappa shape index (κ3) is 4.60. The van der Waals surface area contributed by atoms with E-state index in [0.717, 1.165) is 0 Å². The van der Waals surface area contributed by atoms with E-state index < -0.39 is 23.2 Å². The molecule has 0 bridgehead atoms. The lowest BCUT2D eigenvalue weighted by atomic mass is 9.94. The van der Waals surface area contributed by atoms with Crippen LogP contribution in [0.5, 0.6) is 0 Å². The molecule has 1 aliphatic rings. The van der Waals surface area contributed by atoms with Gasteiger partial charge in [-0.05, 0) is 33.7 Å². The molecule has 0 radical (unpaired) electrons. The first kappa shape index (κ1) is 13.8. The van der Waals surface area contributed by atoms with Crippen LogP contribution in [0.1, 0.15) is 33.6 Å². The van der Waals surface area contributed by atoms with Crippen LogP contribution < -0.4 is 10.6 Å². The molecule has 1 heterocycles. The molecule has 6 nitrogen and oxygen atoms in total. The Morgan fingerprint density at radius 1 is 1.47 bits per heavy atom. The Bertz CT molecular complexity index is 303. The van der Waals surface area contributed by atoms with Crippen LogP contribution in [0.15, 0.2) is 0 Å². The quantitative estimate of drug-likeness (QED) is 0.680. The number of hydrogen-bond donors (Lipinski definition) is 3. The molecule has 1 aliphatic heterocycles. The maximum absolute atomic E-state index is 11.6. The lowest BCUT2D eigenvalue weighted by molar-refractivity contribution is -0.138. The summed E-state index contributed by atoms with van der Waals surface area (Å²) in [7, 11) is 0. The molecule has 3 N–H and O–H groups in total. The largest absolute Gasteiger partial charge is 0.481 e. The van der Waals surface area contributed by atoms with Crippen molar-refractivity contribution in [2.24, 2.45) is 0 Å². The van der Waals surface area contributed by atoms with Gasteiger partial charge in [0.25, 0.3) is 0 Å². The zero-order chi connectivity index (χ0) is 13.1. The van der Waals surface area contributed by atoms with Crippen LogP contribution in [0.4, 0.5) is 4.79 Å². The van der Waals surface area contributed by atoms with Crippen LogP contribution in [-0.4, -0.2) is 41.4 Å². The monoisotopic (exact) mass is 244 g/mol. The summed E-state index contributed by atoms with van der Waals surface area (Å²) >= 11 is 0. The predicted molar refractivity (Wildman–Crippen MR) is 61.8 cm³/mol. The molecule has 0 aromatic carbocycles. The van der Waals surface area contributed by atoms with Crippen molar-refractivity contribution in [3.63, 3.8) is 0 Å². The predicted octanol–water partition coefficient (Wildman–Crippen LogP) is 0.718. The normalized spacial score (nSPS) is 24.4. The first-order valence-electron chi connectivity index (χ1n) is 5.66. The molecule has 1 saturated heterocycles. The lowest BCUT2D eigenvalue weighted by Gasteiger charge is -2.29. The molecular formula is C11H20N2O4. The van der Waals surface area contributed by atoms with E-state index in [9.17, 15) is 9.59 Å². The summed E-state index contributed by atoms with van der Waals surface area (Å²) in [6.45, 7) is 6.46. The summed E-state index contributed by atoms with van der Waals surface area (Å²) in [6, 6.07) is 0. The Morgan fingerprint density at radius 3 is 2.53 bits per heavy atom. The molecular weight excluding hydrogens is 224 g/mol. The second kappa shape index (κ2) is 4.91. The van der Waals surface area contributed by atoms with Crippen molar-refractivity contribution in [1.29, 1.82) is 0 Å². The van der Waals surface area contributed by atoms with Gasteiger partial charge in [0.2, 0.25) is 0 Å². The zero-order valence-corrected chi connectivity index (χ0v) is 10.5. The van der Waals surface area contributed by atoms with E-state index in [2.05, 4.69) is 10.6 Å². The molecule has 0 aliphatic carbocycles. The third-order valence-corrected chi connectivity index (χ3v) is 2.50. The van der Waals surface area contributed by atoms with Gasteiger partial charge in [0.15, 0.2) is 0 Å². The highest BCUT2D eigenvalue weighted by molar-refractivity contribution is 5.73. The van der Waals surface area contributed by atoms with Crippen LogP contribution >= 0.6 is 0 Å². The van der Waals surface area contributed by atoms with Gasteiger partial charge in [-0.3, -0.25) is 4.79 Å². The van der Waals surface area contributed by atoms with Crippen molar-refractivity contribution in [3.05, 3.63) is 0 Å². The number of rotatable bonds is 3. The van der Waals surface area contributed by atoms with E-state index in [4.69, 9.17) is 9.84 Å². The van der Waals surface area contributed by atoms with Crippen LogP contribution in [0, 0.1) is 0 Å². The summed E-state index contributed by atoms with van der Waals surface area (Å²) in [4.78, 5) is 22.5. The molecule has 0 saturated carbocycles. The summed E-state index contributed by atoms with van der Waals surface area (Å²) < 4.78 is 5.14. The molecule has 98 valence electrons. The minimum absolute atomic E-state index is 0.0980. The molecule has 0 aromatic heterocycles. The third-order valence-electron chi connectivity index (χ3n) is 2.50. The van der Waals surface area contributed by atoms with Gasteiger partial charge in [-0.15, -0.1) is 0 Å². The van der Waals surface area contributed by atoms with Crippen molar-refractivity contribution in [2.75, 3.05) is 13.1 Å². The van der Waals surface area contributed by atoms with Gasteiger partial charge in [-0.25, -0.2) is 4.79 Å². The van der Waals surface area contributed by atoms with Crippen LogP contribution in [0.25, 0.3) is 0 Å². The first-order valence-corrected chi connectivity index (χ1v) is 5.66. The van der Waals surface area contributed by atoms with Crippen LogP contribution in [-0.2, 0) is 9.53 Å². The lowest BCUT2D eigenvalue weighted by Crippen LogP contribution is -2.52. The molecule has 1 amide bonds. The van der Waals surface area contributed by atoms with Gasteiger partial charge in [-0.2, -0.15) is 0 Å². The Morgan fingerprint density at radius 2 is 2.12 bits per heavy atom. The van der Waals surface area contributed by atoms with Crippen LogP contribution in [0.3, 0.4) is 0 Å². The van der Waals surface area contributed by atoms with E-state index in [0.29, 0.717) is 19.5 Å². The Kier molecular flexibility index (Phi) is 3.98. The highest BCUT2D eigenvalue weighted by Gasteiger charge is 2.38. The van der Waals surface area contributed by atoms with E-state index >= 15 is 0 Å². The highest BCUT2D eigenvalue weighted by Crippen LogP contribution is 2.20.